The second-order valence-corrected chi connectivity index (χ2v) is 6.40. The van der Waals surface area contributed by atoms with Gasteiger partial charge in [-0.1, -0.05) is 40.9 Å². The van der Waals surface area contributed by atoms with E-state index in [1.165, 1.54) is 26.2 Å². The number of rotatable bonds is 5. The lowest BCUT2D eigenvalue weighted by molar-refractivity contribution is -0.123. The molecule has 2 aromatic rings. The molecule has 0 fully saturated rings. The van der Waals surface area contributed by atoms with Gasteiger partial charge in [-0.3, -0.25) is 4.79 Å². The number of ether oxygens (including phenoxy) is 2. The SMILES string of the molecule is COc1cc(N)c(Cl)cc1C(=O)OC(C)C(=O)Nc1cccc(Cl)c1Cl. The van der Waals surface area contributed by atoms with Crippen molar-refractivity contribution in [2.45, 2.75) is 13.0 Å². The number of nitrogen functional groups attached to an aromatic ring is 1. The Morgan fingerprint density at radius 3 is 2.50 bits per heavy atom. The Morgan fingerprint density at radius 1 is 1.15 bits per heavy atom. The molecular weight excluding hydrogens is 403 g/mol. The number of carbonyl (C=O) groups is 2. The van der Waals surface area contributed by atoms with Crippen LogP contribution in [0.5, 0.6) is 5.75 Å². The third-order valence-corrected chi connectivity index (χ3v) is 4.55. The predicted molar refractivity (Wildman–Crippen MR) is 102 cm³/mol. The molecule has 0 saturated heterocycles. The van der Waals surface area contributed by atoms with E-state index in [2.05, 4.69) is 5.32 Å². The molecule has 0 aliphatic rings. The van der Waals surface area contributed by atoms with Crippen LogP contribution < -0.4 is 15.8 Å². The summed E-state index contributed by atoms with van der Waals surface area (Å²) in [6.45, 7) is 1.41. The largest absolute Gasteiger partial charge is 0.496 e. The number of methoxy groups -OCH3 is 1. The zero-order valence-corrected chi connectivity index (χ0v) is 16.1. The minimum absolute atomic E-state index is 0.0483. The fraction of sp³-hybridized carbons (Fsp3) is 0.176. The van der Waals surface area contributed by atoms with Gasteiger partial charge in [-0.15, -0.1) is 0 Å². The van der Waals surface area contributed by atoms with E-state index in [-0.39, 0.29) is 32.1 Å². The highest BCUT2D eigenvalue weighted by molar-refractivity contribution is 6.44. The van der Waals surface area contributed by atoms with Gasteiger partial charge in [-0.2, -0.15) is 0 Å². The number of hydrogen-bond acceptors (Lipinski definition) is 5. The van der Waals surface area contributed by atoms with E-state index >= 15 is 0 Å². The smallest absolute Gasteiger partial charge is 0.342 e. The Morgan fingerprint density at radius 2 is 1.85 bits per heavy atom. The number of anilines is 2. The van der Waals surface area contributed by atoms with E-state index in [0.29, 0.717) is 5.69 Å². The normalized spacial score (nSPS) is 11.6. The molecule has 1 atom stereocenters. The summed E-state index contributed by atoms with van der Waals surface area (Å²) >= 11 is 17.8. The van der Waals surface area contributed by atoms with Crippen molar-refractivity contribution >= 4 is 58.1 Å². The van der Waals surface area contributed by atoms with Crippen molar-refractivity contribution in [3.05, 3.63) is 51.0 Å². The van der Waals surface area contributed by atoms with Crippen LogP contribution in [0.3, 0.4) is 0 Å². The maximum Gasteiger partial charge on any atom is 0.342 e. The summed E-state index contributed by atoms with van der Waals surface area (Å²) in [5, 5.41) is 3.19. The number of halogens is 3. The van der Waals surface area contributed by atoms with E-state index in [1.807, 2.05) is 0 Å². The minimum atomic E-state index is -1.11. The second-order valence-electron chi connectivity index (χ2n) is 5.21. The van der Waals surface area contributed by atoms with Crippen molar-refractivity contribution in [3.63, 3.8) is 0 Å². The molecule has 0 aliphatic carbocycles. The topological polar surface area (TPSA) is 90.7 Å². The van der Waals surface area contributed by atoms with Crippen LogP contribution in [0.4, 0.5) is 11.4 Å². The third-order valence-electron chi connectivity index (χ3n) is 3.40. The molecule has 9 heteroatoms. The maximum atomic E-state index is 12.3. The summed E-state index contributed by atoms with van der Waals surface area (Å²) in [5.74, 6) is -1.19. The van der Waals surface area contributed by atoms with Gasteiger partial charge >= 0.3 is 5.97 Å². The summed E-state index contributed by atoms with van der Waals surface area (Å²) in [5.41, 5.74) is 6.28. The summed E-state index contributed by atoms with van der Waals surface area (Å²) in [4.78, 5) is 24.6. The number of benzene rings is 2. The molecule has 0 bridgehead atoms. The molecule has 138 valence electrons. The maximum absolute atomic E-state index is 12.3. The summed E-state index contributed by atoms with van der Waals surface area (Å²) < 4.78 is 10.3. The van der Waals surface area contributed by atoms with Crippen LogP contribution in [0.1, 0.15) is 17.3 Å². The monoisotopic (exact) mass is 416 g/mol. The van der Waals surface area contributed by atoms with E-state index in [4.69, 9.17) is 50.0 Å². The first kappa shape index (κ1) is 20.2. The van der Waals surface area contributed by atoms with Crippen molar-refractivity contribution in [2.24, 2.45) is 0 Å². The summed E-state index contributed by atoms with van der Waals surface area (Å²) in [6.07, 6.45) is -1.11. The van der Waals surface area contributed by atoms with Gasteiger partial charge in [0.2, 0.25) is 0 Å². The van der Waals surface area contributed by atoms with Gasteiger partial charge in [-0.05, 0) is 25.1 Å². The molecule has 2 rings (SSSR count). The van der Waals surface area contributed by atoms with Crippen LogP contribution >= 0.6 is 34.8 Å². The van der Waals surface area contributed by atoms with E-state index < -0.39 is 18.0 Å². The first-order chi connectivity index (χ1) is 12.2. The molecule has 0 saturated carbocycles. The molecular formula is C17H15Cl3N2O4. The molecule has 6 nitrogen and oxygen atoms in total. The zero-order chi connectivity index (χ0) is 19.4. The average Bonchev–Trinajstić information content (AvgIpc) is 2.60. The number of amides is 1. The van der Waals surface area contributed by atoms with Crippen molar-refractivity contribution in [1.82, 2.24) is 0 Å². The van der Waals surface area contributed by atoms with Crippen molar-refractivity contribution in [1.29, 1.82) is 0 Å². The lowest BCUT2D eigenvalue weighted by atomic mass is 10.2. The van der Waals surface area contributed by atoms with Crippen LogP contribution in [0.15, 0.2) is 30.3 Å². The van der Waals surface area contributed by atoms with Crippen LogP contribution in [0.25, 0.3) is 0 Å². The van der Waals surface area contributed by atoms with Crippen molar-refractivity contribution in [2.75, 3.05) is 18.2 Å². The lowest BCUT2D eigenvalue weighted by Gasteiger charge is -2.16. The van der Waals surface area contributed by atoms with Gasteiger partial charge in [0.25, 0.3) is 5.91 Å². The van der Waals surface area contributed by atoms with Gasteiger partial charge in [0.1, 0.15) is 11.3 Å². The van der Waals surface area contributed by atoms with Gasteiger partial charge in [0.05, 0.1) is 33.6 Å². The Bertz CT molecular complexity index is 858. The van der Waals surface area contributed by atoms with Crippen molar-refractivity contribution in [3.8, 4) is 5.75 Å². The van der Waals surface area contributed by atoms with Gasteiger partial charge in [0, 0.05) is 6.07 Å². The van der Waals surface area contributed by atoms with Gasteiger partial charge in [-0.25, -0.2) is 4.79 Å². The highest BCUT2D eigenvalue weighted by Gasteiger charge is 2.23. The summed E-state index contributed by atoms with van der Waals surface area (Å²) in [6, 6.07) is 7.50. The highest BCUT2D eigenvalue weighted by Crippen LogP contribution is 2.31. The Hall–Kier alpha value is -2.15. The number of hydrogen-bond donors (Lipinski definition) is 2. The molecule has 0 spiro atoms. The van der Waals surface area contributed by atoms with Crippen LogP contribution in [-0.4, -0.2) is 25.1 Å². The highest BCUT2D eigenvalue weighted by atomic mass is 35.5. The quantitative estimate of drug-likeness (QED) is 0.555. The molecule has 0 aliphatic heterocycles. The minimum Gasteiger partial charge on any atom is -0.496 e. The Kier molecular flexibility index (Phi) is 6.58. The molecule has 26 heavy (non-hydrogen) atoms. The molecule has 1 unspecified atom stereocenters. The molecule has 2 aromatic carbocycles. The van der Waals surface area contributed by atoms with E-state index in [1.54, 1.807) is 18.2 Å². The average molecular weight is 418 g/mol. The lowest BCUT2D eigenvalue weighted by Crippen LogP contribution is -2.30. The van der Waals surface area contributed by atoms with E-state index in [9.17, 15) is 9.59 Å². The summed E-state index contributed by atoms with van der Waals surface area (Å²) in [7, 11) is 1.37. The first-order valence-electron chi connectivity index (χ1n) is 7.33. The van der Waals surface area contributed by atoms with Crippen LogP contribution in [-0.2, 0) is 9.53 Å². The van der Waals surface area contributed by atoms with E-state index in [0.717, 1.165) is 0 Å². The van der Waals surface area contributed by atoms with Crippen molar-refractivity contribution < 1.29 is 19.1 Å². The standard InChI is InChI=1S/C17H15Cl3N2O4/c1-8(16(23)22-13-5-3-4-10(18)15(13)20)26-17(24)9-6-11(19)12(21)7-14(9)25-2/h3-8H,21H2,1-2H3,(H,22,23). The Balaban J connectivity index is 2.13. The Labute approximate surface area is 165 Å². The number of nitrogens with one attached hydrogen (secondary N) is 1. The third kappa shape index (κ3) is 4.52. The number of esters is 1. The fourth-order valence-electron chi connectivity index (χ4n) is 2.01. The van der Waals surface area contributed by atoms with Gasteiger partial charge in [0.15, 0.2) is 6.10 Å². The number of nitrogens with two attached hydrogens (primary N) is 1. The van der Waals surface area contributed by atoms with Crippen LogP contribution in [0, 0.1) is 0 Å². The van der Waals surface area contributed by atoms with Gasteiger partial charge < -0.3 is 20.5 Å². The molecule has 3 N–H and O–H groups in total. The second kappa shape index (κ2) is 8.49. The predicted octanol–water partition coefficient (Wildman–Crippen LogP) is 4.42. The fourth-order valence-corrected chi connectivity index (χ4v) is 2.52. The van der Waals surface area contributed by atoms with Crippen LogP contribution in [0.2, 0.25) is 15.1 Å². The molecule has 1 amide bonds. The zero-order valence-electron chi connectivity index (χ0n) is 13.8. The molecule has 0 heterocycles. The number of carbonyl (C=O) groups excluding carboxylic acids is 2. The first-order valence-corrected chi connectivity index (χ1v) is 8.46. The molecule has 0 aromatic heterocycles. The molecule has 0 radical (unpaired) electrons.